The van der Waals surface area contributed by atoms with E-state index in [1.807, 2.05) is 0 Å². The molecule has 2 rings (SSSR count). The second kappa shape index (κ2) is 8.05. The highest BCUT2D eigenvalue weighted by molar-refractivity contribution is 5.98. The molecule has 1 N–H and O–H groups in total. The van der Waals surface area contributed by atoms with E-state index in [-0.39, 0.29) is 16.8 Å². The van der Waals surface area contributed by atoms with Gasteiger partial charge in [-0.05, 0) is 43.3 Å². The van der Waals surface area contributed by atoms with Gasteiger partial charge in [-0.25, -0.2) is 14.0 Å². The number of carbonyl (C=O) groups is 3. The highest BCUT2D eigenvalue weighted by Crippen LogP contribution is 2.14. The normalized spacial score (nSPS) is 11.3. The van der Waals surface area contributed by atoms with Crippen LogP contribution in [0.4, 0.5) is 10.1 Å². The molecule has 0 heterocycles. The Labute approximate surface area is 143 Å². The molecule has 0 fully saturated rings. The van der Waals surface area contributed by atoms with Crippen molar-refractivity contribution < 1.29 is 28.2 Å². The van der Waals surface area contributed by atoms with Gasteiger partial charge in [-0.3, -0.25) is 4.79 Å². The fourth-order valence-corrected chi connectivity index (χ4v) is 1.94. The van der Waals surface area contributed by atoms with Gasteiger partial charge in [-0.2, -0.15) is 0 Å². The van der Waals surface area contributed by atoms with E-state index in [1.165, 1.54) is 56.5 Å². The van der Waals surface area contributed by atoms with Gasteiger partial charge in [0.05, 0.1) is 23.9 Å². The van der Waals surface area contributed by atoms with Crippen molar-refractivity contribution in [3.8, 4) is 0 Å². The van der Waals surface area contributed by atoms with E-state index < -0.39 is 29.8 Å². The Morgan fingerprint density at radius 3 is 2.08 bits per heavy atom. The topological polar surface area (TPSA) is 81.7 Å². The van der Waals surface area contributed by atoms with E-state index >= 15 is 0 Å². The maximum atomic E-state index is 13.5. The summed E-state index contributed by atoms with van der Waals surface area (Å²) in [6.45, 7) is 1.37. The second-order valence-electron chi connectivity index (χ2n) is 5.09. The van der Waals surface area contributed by atoms with Crippen LogP contribution >= 0.6 is 0 Å². The average Bonchev–Trinajstić information content (AvgIpc) is 2.62. The molecule has 0 unspecified atom stereocenters. The molecule has 0 aliphatic rings. The summed E-state index contributed by atoms with van der Waals surface area (Å²) < 4.78 is 23.1. The summed E-state index contributed by atoms with van der Waals surface area (Å²) in [6, 6.07) is 11.2. The molecule has 130 valence electrons. The summed E-state index contributed by atoms with van der Waals surface area (Å²) >= 11 is 0. The van der Waals surface area contributed by atoms with Crippen LogP contribution in [-0.2, 0) is 14.3 Å². The van der Waals surface area contributed by atoms with E-state index in [0.29, 0.717) is 0 Å². The molecule has 6 nitrogen and oxygen atoms in total. The van der Waals surface area contributed by atoms with Crippen LogP contribution in [0.3, 0.4) is 0 Å². The number of methoxy groups -OCH3 is 1. The van der Waals surface area contributed by atoms with Crippen LogP contribution in [0.15, 0.2) is 48.5 Å². The molecule has 1 amide bonds. The number of para-hydroxylation sites is 1. The summed E-state index contributed by atoms with van der Waals surface area (Å²) in [5.74, 6) is -2.53. The highest BCUT2D eigenvalue weighted by Gasteiger charge is 2.20. The van der Waals surface area contributed by atoms with Crippen molar-refractivity contribution in [2.75, 3.05) is 12.4 Å². The number of amides is 1. The van der Waals surface area contributed by atoms with Gasteiger partial charge in [-0.15, -0.1) is 0 Å². The Hall–Kier alpha value is -3.22. The number of halogens is 1. The van der Waals surface area contributed by atoms with Gasteiger partial charge >= 0.3 is 11.9 Å². The number of hydrogen-bond donors (Lipinski definition) is 1. The lowest BCUT2D eigenvalue weighted by Crippen LogP contribution is -2.30. The first-order valence-electron chi connectivity index (χ1n) is 7.37. The number of esters is 2. The van der Waals surface area contributed by atoms with Crippen LogP contribution in [-0.4, -0.2) is 31.1 Å². The Morgan fingerprint density at radius 2 is 1.52 bits per heavy atom. The highest BCUT2D eigenvalue weighted by atomic mass is 19.1. The number of carbonyl (C=O) groups excluding carboxylic acids is 3. The number of benzene rings is 2. The minimum atomic E-state index is -1.13. The first-order valence-corrected chi connectivity index (χ1v) is 7.37. The van der Waals surface area contributed by atoms with Gasteiger partial charge in [0.1, 0.15) is 5.82 Å². The van der Waals surface area contributed by atoms with Gasteiger partial charge in [0.15, 0.2) is 6.10 Å². The predicted octanol–water partition coefficient (Wildman–Crippen LogP) is 2.80. The third-order valence-corrected chi connectivity index (χ3v) is 3.33. The van der Waals surface area contributed by atoms with Crippen LogP contribution < -0.4 is 5.32 Å². The molecule has 7 heteroatoms. The summed E-state index contributed by atoms with van der Waals surface area (Å²) in [5.41, 5.74) is 0.445. The maximum Gasteiger partial charge on any atom is 0.338 e. The Balaban J connectivity index is 1.98. The van der Waals surface area contributed by atoms with Gasteiger partial charge in [0, 0.05) is 0 Å². The average molecular weight is 345 g/mol. The lowest BCUT2D eigenvalue weighted by atomic mass is 10.1. The Kier molecular flexibility index (Phi) is 5.84. The fourth-order valence-electron chi connectivity index (χ4n) is 1.94. The van der Waals surface area contributed by atoms with Crippen LogP contribution in [0.2, 0.25) is 0 Å². The molecule has 0 aliphatic carbocycles. The summed E-state index contributed by atoms with van der Waals surface area (Å²) in [6.07, 6.45) is -1.13. The molecule has 0 saturated carbocycles. The quantitative estimate of drug-likeness (QED) is 0.843. The molecule has 0 bridgehead atoms. The fraction of sp³-hybridized carbons (Fsp3) is 0.167. The van der Waals surface area contributed by atoms with Crippen molar-refractivity contribution in [2.45, 2.75) is 13.0 Å². The van der Waals surface area contributed by atoms with E-state index in [0.717, 1.165) is 0 Å². The molecule has 0 saturated heterocycles. The van der Waals surface area contributed by atoms with Crippen LogP contribution in [0, 0.1) is 5.82 Å². The van der Waals surface area contributed by atoms with Crippen molar-refractivity contribution in [3.05, 3.63) is 65.5 Å². The molecule has 25 heavy (non-hydrogen) atoms. The molecule has 1 atom stereocenters. The minimum Gasteiger partial charge on any atom is -0.465 e. The maximum absolute atomic E-state index is 13.5. The Bertz CT molecular complexity index is 788. The Morgan fingerprint density at radius 1 is 0.960 bits per heavy atom. The molecule has 0 radical (unpaired) electrons. The molecular weight excluding hydrogens is 329 g/mol. The number of nitrogens with one attached hydrogen (secondary N) is 1. The third-order valence-electron chi connectivity index (χ3n) is 3.33. The van der Waals surface area contributed by atoms with Gasteiger partial charge in [0.25, 0.3) is 5.91 Å². The van der Waals surface area contributed by atoms with Crippen LogP contribution in [0.25, 0.3) is 0 Å². The zero-order valence-corrected chi connectivity index (χ0v) is 13.6. The van der Waals surface area contributed by atoms with Crippen LogP contribution in [0.5, 0.6) is 0 Å². The first kappa shape index (κ1) is 18.1. The monoisotopic (exact) mass is 345 g/mol. The predicted molar refractivity (Wildman–Crippen MR) is 87.7 cm³/mol. The third kappa shape index (κ3) is 4.63. The summed E-state index contributed by atoms with van der Waals surface area (Å²) in [5, 5.41) is 2.35. The standard InChI is InChI=1S/C18H16FNO5/c1-11(16(21)20-15-6-4-3-5-14(15)19)25-18(23)13-9-7-12(8-10-13)17(22)24-2/h3-11H,1-2H3,(H,20,21)/t11-/m1/s1. The smallest absolute Gasteiger partial charge is 0.338 e. The number of rotatable bonds is 5. The van der Waals surface area contributed by atoms with Gasteiger partial charge in [0.2, 0.25) is 0 Å². The van der Waals surface area contributed by atoms with Crippen molar-refractivity contribution in [1.29, 1.82) is 0 Å². The second-order valence-corrected chi connectivity index (χ2v) is 5.09. The van der Waals surface area contributed by atoms with Gasteiger partial charge in [-0.1, -0.05) is 12.1 Å². The summed E-state index contributed by atoms with van der Waals surface area (Å²) in [7, 11) is 1.25. The number of anilines is 1. The number of ether oxygens (including phenoxy) is 2. The van der Waals surface area contributed by atoms with Crippen molar-refractivity contribution in [3.63, 3.8) is 0 Å². The molecule has 2 aromatic carbocycles. The number of hydrogen-bond acceptors (Lipinski definition) is 5. The SMILES string of the molecule is COC(=O)c1ccc(C(=O)O[C@H](C)C(=O)Nc2ccccc2F)cc1. The van der Waals surface area contributed by atoms with Crippen molar-refractivity contribution in [2.24, 2.45) is 0 Å². The zero-order valence-electron chi connectivity index (χ0n) is 13.6. The van der Waals surface area contributed by atoms with Crippen molar-refractivity contribution in [1.82, 2.24) is 0 Å². The van der Waals surface area contributed by atoms with E-state index in [9.17, 15) is 18.8 Å². The lowest BCUT2D eigenvalue weighted by Gasteiger charge is -2.14. The van der Waals surface area contributed by atoms with Gasteiger partial charge < -0.3 is 14.8 Å². The van der Waals surface area contributed by atoms with Crippen LogP contribution in [0.1, 0.15) is 27.6 Å². The largest absolute Gasteiger partial charge is 0.465 e. The van der Waals surface area contributed by atoms with E-state index in [4.69, 9.17) is 4.74 Å². The van der Waals surface area contributed by atoms with E-state index in [2.05, 4.69) is 10.1 Å². The molecule has 0 spiro atoms. The lowest BCUT2D eigenvalue weighted by molar-refractivity contribution is -0.123. The minimum absolute atomic E-state index is 0.00201. The molecular formula is C18H16FNO5. The first-order chi connectivity index (χ1) is 11.9. The zero-order chi connectivity index (χ0) is 18.4. The van der Waals surface area contributed by atoms with Crippen molar-refractivity contribution >= 4 is 23.5 Å². The van der Waals surface area contributed by atoms with E-state index in [1.54, 1.807) is 6.07 Å². The molecule has 2 aromatic rings. The molecule has 0 aromatic heterocycles. The summed E-state index contributed by atoms with van der Waals surface area (Å²) in [4.78, 5) is 35.4. The molecule has 0 aliphatic heterocycles.